The van der Waals surface area contributed by atoms with E-state index in [1.165, 1.54) is 24.0 Å². The molecule has 1 aliphatic rings. The number of rotatable bonds is 6. The number of benzene rings is 1. The van der Waals surface area contributed by atoms with E-state index in [1.54, 1.807) is 0 Å². The van der Waals surface area contributed by atoms with Crippen LogP contribution in [0.15, 0.2) is 24.3 Å². The van der Waals surface area contributed by atoms with Gasteiger partial charge in [-0.15, -0.1) is 0 Å². The fourth-order valence-electron chi connectivity index (χ4n) is 2.60. The lowest BCUT2D eigenvalue weighted by Gasteiger charge is -2.25. The Morgan fingerprint density at radius 1 is 1.28 bits per heavy atom. The Hall–Kier alpha value is -1.35. The number of primary amides is 1. The van der Waals surface area contributed by atoms with Crippen LogP contribution in [0.3, 0.4) is 0 Å². The number of fused-ring (bicyclic) bond motifs is 1. The normalized spacial score (nSPS) is 18.3. The molecule has 0 saturated heterocycles. The third-order valence-corrected chi connectivity index (χ3v) is 3.63. The molecule has 1 atom stereocenters. The summed E-state index contributed by atoms with van der Waals surface area (Å²) in [5, 5.41) is 3.58. The number of hydrogen-bond donors (Lipinski definition) is 2. The summed E-state index contributed by atoms with van der Waals surface area (Å²) in [5.74, 6) is -0.193. The molecular weight excluding hydrogens is 224 g/mol. The van der Waals surface area contributed by atoms with Crippen molar-refractivity contribution in [1.29, 1.82) is 0 Å². The topological polar surface area (TPSA) is 55.1 Å². The van der Waals surface area contributed by atoms with Gasteiger partial charge in [0.25, 0.3) is 0 Å². The lowest BCUT2D eigenvalue weighted by Crippen LogP contribution is -2.35. The smallest absolute Gasteiger partial charge is 0.217 e. The zero-order valence-corrected chi connectivity index (χ0v) is 10.8. The monoisotopic (exact) mass is 246 g/mol. The van der Waals surface area contributed by atoms with Gasteiger partial charge in [-0.3, -0.25) is 4.79 Å². The lowest BCUT2D eigenvalue weighted by molar-refractivity contribution is -0.118. The highest BCUT2D eigenvalue weighted by Crippen LogP contribution is 2.20. The summed E-state index contributed by atoms with van der Waals surface area (Å²) in [4.78, 5) is 10.6. The van der Waals surface area contributed by atoms with Crippen LogP contribution in [0.4, 0.5) is 0 Å². The predicted octanol–water partition coefficient (Wildman–Crippen LogP) is 1.79. The van der Waals surface area contributed by atoms with Crippen molar-refractivity contribution in [2.75, 3.05) is 6.54 Å². The zero-order valence-electron chi connectivity index (χ0n) is 10.8. The Balaban J connectivity index is 1.68. The number of aryl methyl sites for hydroxylation is 1. The molecule has 0 bridgehead atoms. The van der Waals surface area contributed by atoms with Gasteiger partial charge in [-0.1, -0.05) is 24.3 Å². The number of hydrogen-bond acceptors (Lipinski definition) is 2. The van der Waals surface area contributed by atoms with E-state index < -0.39 is 0 Å². The lowest BCUT2D eigenvalue weighted by atomic mass is 9.88. The third kappa shape index (κ3) is 3.84. The molecule has 0 fully saturated rings. The molecule has 1 aliphatic carbocycles. The van der Waals surface area contributed by atoms with E-state index in [2.05, 4.69) is 29.6 Å². The fourth-order valence-corrected chi connectivity index (χ4v) is 2.60. The van der Waals surface area contributed by atoms with Crippen molar-refractivity contribution >= 4 is 5.91 Å². The summed E-state index contributed by atoms with van der Waals surface area (Å²) in [6, 6.07) is 9.30. The second-order valence-electron chi connectivity index (χ2n) is 5.09. The quantitative estimate of drug-likeness (QED) is 0.752. The van der Waals surface area contributed by atoms with Crippen LogP contribution in [0.25, 0.3) is 0 Å². The van der Waals surface area contributed by atoms with E-state index in [-0.39, 0.29) is 5.91 Å². The highest BCUT2D eigenvalue weighted by Gasteiger charge is 2.16. The Bertz CT molecular complexity index is 403. The van der Waals surface area contributed by atoms with Gasteiger partial charge in [-0.25, -0.2) is 0 Å². The number of carbonyl (C=O) groups is 1. The second-order valence-corrected chi connectivity index (χ2v) is 5.09. The summed E-state index contributed by atoms with van der Waals surface area (Å²) < 4.78 is 0. The van der Waals surface area contributed by atoms with Crippen molar-refractivity contribution in [2.24, 2.45) is 5.73 Å². The number of unbranched alkanes of at least 4 members (excludes halogenated alkanes) is 1. The molecule has 3 heteroatoms. The minimum absolute atomic E-state index is 0.193. The molecule has 0 spiro atoms. The minimum atomic E-state index is -0.193. The summed E-state index contributed by atoms with van der Waals surface area (Å²) in [7, 11) is 0. The molecular formula is C15H22N2O. The van der Waals surface area contributed by atoms with Gasteiger partial charge in [0.15, 0.2) is 0 Å². The van der Waals surface area contributed by atoms with Crippen molar-refractivity contribution in [3.05, 3.63) is 35.4 Å². The summed E-state index contributed by atoms with van der Waals surface area (Å²) >= 11 is 0. The number of carbonyl (C=O) groups excluding carboxylic acids is 1. The van der Waals surface area contributed by atoms with Crippen LogP contribution in [0.5, 0.6) is 0 Å². The van der Waals surface area contributed by atoms with Crippen molar-refractivity contribution in [1.82, 2.24) is 5.32 Å². The maximum Gasteiger partial charge on any atom is 0.217 e. The van der Waals surface area contributed by atoms with E-state index in [4.69, 9.17) is 5.73 Å². The Morgan fingerprint density at radius 2 is 2.06 bits per heavy atom. The molecule has 2 rings (SSSR count). The molecule has 1 unspecified atom stereocenters. The standard InChI is InChI=1S/C15H22N2O/c16-15(18)7-3-4-10-17-14-9-8-12-5-1-2-6-13(12)11-14/h1-2,5-6,14,17H,3-4,7-11H2,(H2,16,18). The van der Waals surface area contributed by atoms with Crippen molar-refractivity contribution in [3.8, 4) is 0 Å². The highest BCUT2D eigenvalue weighted by molar-refractivity contribution is 5.73. The maximum absolute atomic E-state index is 10.6. The average Bonchev–Trinajstić information content (AvgIpc) is 2.38. The van der Waals surface area contributed by atoms with Crippen molar-refractivity contribution < 1.29 is 4.79 Å². The molecule has 0 heterocycles. The maximum atomic E-state index is 10.6. The fraction of sp³-hybridized carbons (Fsp3) is 0.533. The first-order valence-electron chi connectivity index (χ1n) is 6.84. The molecule has 0 saturated carbocycles. The van der Waals surface area contributed by atoms with Crippen molar-refractivity contribution in [3.63, 3.8) is 0 Å². The van der Waals surface area contributed by atoms with Crippen LogP contribution >= 0.6 is 0 Å². The van der Waals surface area contributed by atoms with Crippen LogP contribution in [0, 0.1) is 0 Å². The third-order valence-electron chi connectivity index (χ3n) is 3.63. The molecule has 0 radical (unpaired) electrons. The van der Waals surface area contributed by atoms with Crippen molar-refractivity contribution in [2.45, 2.75) is 44.6 Å². The molecule has 18 heavy (non-hydrogen) atoms. The summed E-state index contributed by atoms with van der Waals surface area (Å²) in [5.41, 5.74) is 8.10. The average molecular weight is 246 g/mol. The first-order valence-corrected chi connectivity index (χ1v) is 6.84. The Kier molecular flexibility index (Phi) is 4.76. The van der Waals surface area contributed by atoms with E-state index >= 15 is 0 Å². The number of amides is 1. The largest absolute Gasteiger partial charge is 0.370 e. The van der Waals surface area contributed by atoms with Gasteiger partial charge in [-0.2, -0.15) is 0 Å². The van der Waals surface area contributed by atoms with Gasteiger partial charge >= 0.3 is 0 Å². The minimum Gasteiger partial charge on any atom is -0.370 e. The van der Waals surface area contributed by atoms with Crippen LogP contribution in [-0.4, -0.2) is 18.5 Å². The second kappa shape index (κ2) is 6.55. The van der Waals surface area contributed by atoms with E-state index in [0.29, 0.717) is 12.5 Å². The van der Waals surface area contributed by atoms with Crippen LogP contribution in [-0.2, 0) is 17.6 Å². The zero-order chi connectivity index (χ0) is 12.8. The molecule has 3 N–H and O–H groups in total. The van der Waals surface area contributed by atoms with Gasteiger partial charge in [0, 0.05) is 12.5 Å². The van der Waals surface area contributed by atoms with E-state index in [0.717, 1.165) is 25.8 Å². The molecule has 0 aromatic heterocycles. The molecule has 1 amide bonds. The molecule has 1 aromatic carbocycles. The van der Waals surface area contributed by atoms with Gasteiger partial charge in [0.1, 0.15) is 0 Å². The van der Waals surface area contributed by atoms with E-state index in [9.17, 15) is 4.79 Å². The first kappa shape index (κ1) is 13.1. The summed E-state index contributed by atoms with van der Waals surface area (Å²) in [6.07, 6.45) is 5.95. The van der Waals surface area contributed by atoms with Crippen LogP contribution in [0.1, 0.15) is 36.8 Å². The van der Waals surface area contributed by atoms with Gasteiger partial charge in [0.2, 0.25) is 5.91 Å². The number of nitrogens with one attached hydrogen (secondary N) is 1. The predicted molar refractivity (Wildman–Crippen MR) is 73.3 cm³/mol. The number of nitrogens with two attached hydrogens (primary N) is 1. The summed E-state index contributed by atoms with van der Waals surface area (Å²) in [6.45, 7) is 0.986. The van der Waals surface area contributed by atoms with Gasteiger partial charge in [-0.05, 0) is 49.8 Å². The molecule has 3 nitrogen and oxygen atoms in total. The SMILES string of the molecule is NC(=O)CCCCNC1CCc2ccccc2C1. The molecule has 0 aliphatic heterocycles. The van der Waals surface area contributed by atoms with Gasteiger partial charge in [0.05, 0.1) is 0 Å². The first-order chi connectivity index (χ1) is 8.75. The van der Waals surface area contributed by atoms with Crippen LogP contribution in [0.2, 0.25) is 0 Å². The molecule has 98 valence electrons. The Labute approximate surface area is 109 Å². The highest BCUT2D eigenvalue weighted by atomic mass is 16.1. The van der Waals surface area contributed by atoms with E-state index in [1.807, 2.05) is 0 Å². The van der Waals surface area contributed by atoms with Gasteiger partial charge < -0.3 is 11.1 Å². The Morgan fingerprint density at radius 3 is 2.83 bits per heavy atom. The van der Waals surface area contributed by atoms with Crippen LogP contribution < -0.4 is 11.1 Å². The molecule has 1 aromatic rings.